The maximum Gasteiger partial charge on any atom is 0.186 e. The molecule has 2 aliphatic carbocycles. The van der Waals surface area contributed by atoms with Crippen molar-refractivity contribution in [3.05, 3.63) is 59.4 Å². The van der Waals surface area contributed by atoms with Crippen LogP contribution in [0.25, 0.3) is 0 Å². The Kier molecular flexibility index (Phi) is 4.75. The average Bonchev–Trinajstić information content (AvgIpc) is 2.45. The Morgan fingerprint density at radius 1 is 0.792 bits per heavy atom. The summed E-state index contributed by atoms with van der Waals surface area (Å²) in [6.45, 7) is 12.3. The van der Waals surface area contributed by atoms with Crippen LogP contribution in [-0.4, -0.2) is 17.3 Å². The summed E-state index contributed by atoms with van der Waals surface area (Å²) < 4.78 is 0. The number of carbonyl (C=O) groups excluding carboxylic acids is 2. The SMILES string of the molecule is CC(C)(C)C1=CC(=CN=C2C=CC(=O)C=C2)C=C(C(C)(C)C)C1=O. The number of ketones is 2. The van der Waals surface area contributed by atoms with Crippen LogP contribution in [0.5, 0.6) is 0 Å². The number of nitrogens with zero attached hydrogens (tertiary/aromatic N) is 1. The van der Waals surface area contributed by atoms with Crippen molar-refractivity contribution in [2.24, 2.45) is 15.8 Å². The second-order valence-corrected chi connectivity index (χ2v) is 8.20. The van der Waals surface area contributed by atoms with Crippen molar-refractivity contribution < 1.29 is 9.59 Å². The maximum absolute atomic E-state index is 12.8. The van der Waals surface area contributed by atoms with Crippen molar-refractivity contribution in [3.8, 4) is 0 Å². The first-order valence-electron chi connectivity index (χ1n) is 8.15. The molecule has 0 fully saturated rings. The quantitative estimate of drug-likeness (QED) is 0.665. The smallest absolute Gasteiger partial charge is 0.186 e. The predicted octanol–water partition coefficient (Wildman–Crippen LogP) is 4.53. The first-order chi connectivity index (χ1) is 11.0. The van der Waals surface area contributed by atoms with Crippen molar-refractivity contribution in [1.82, 2.24) is 0 Å². The molecule has 0 aromatic carbocycles. The van der Waals surface area contributed by atoms with Crippen LogP contribution in [0.3, 0.4) is 0 Å². The van der Waals surface area contributed by atoms with E-state index in [1.54, 1.807) is 18.4 Å². The van der Waals surface area contributed by atoms with Gasteiger partial charge >= 0.3 is 0 Å². The van der Waals surface area contributed by atoms with E-state index < -0.39 is 0 Å². The fraction of sp³-hybridized carbons (Fsp3) is 0.381. The van der Waals surface area contributed by atoms with Crippen molar-refractivity contribution in [1.29, 1.82) is 0 Å². The molecule has 126 valence electrons. The number of allylic oxidation sites excluding steroid dienone is 9. The Hall–Kier alpha value is -2.29. The van der Waals surface area contributed by atoms with E-state index in [4.69, 9.17) is 0 Å². The molecule has 0 aromatic heterocycles. The number of hydrogen-bond acceptors (Lipinski definition) is 3. The molecule has 0 radical (unpaired) electrons. The first-order valence-corrected chi connectivity index (χ1v) is 8.15. The molecule has 0 heterocycles. The highest BCUT2D eigenvalue weighted by molar-refractivity contribution is 6.16. The third-order valence-electron chi connectivity index (χ3n) is 3.93. The van der Waals surface area contributed by atoms with E-state index in [-0.39, 0.29) is 22.4 Å². The third kappa shape index (κ3) is 4.16. The van der Waals surface area contributed by atoms with Crippen LogP contribution in [0.2, 0.25) is 0 Å². The molecule has 3 nitrogen and oxygen atoms in total. The summed E-state index contributed by atoms with van der Waals surface area (Å²) in [6.07, 6.45) is 12.0. The van der Waals surface area contributed by atoms with Crippen LogP contribution >= 0.6 is 0 Å². The van der Waals surface area contributed by atoms with Gasteiger partial charge in [0.05, 0.1) is 5.71 Å². The largest absolute Gasteiger partial charge is 0.290 e. The van der Waals surface area contributed by atoms with Gasteiger partial charge in [0.15, 0.2) is 11.6 Å². The molecule has 0 unspecified atom stereocenters. The van der Waals surface area contributed by atoms with Crippen LogP contribution in [-0.2, 0) is 9.59 Å². The highest BCUT2D eigenvalue weighted by atomic mass is 16.1. The zero-order valence-corrected chi connectivity index (χ0v) is 15.3. The molecule has 0 aliphatic heterocycles. The molecule has 0 N–H and O–H groups in total. The molecule has 0 bridgehead atoms. The fourth-order valence-corrected chi connectivity index (χ4v) is 2.52. The minimum Gasteiger partial charge on any atom is -0.290 e. The standard InChI is InChI=1S/C21H25NO2/c1-20(2,3)17-11-14(12-18(19(17)24)21(4,5)6)13-22-15-7-9-16(23)10-8-15/h7-13H,1-6H3. The average molecular weight is 323 g/mol. The molecule has 0 atom stereocenters. The first kappa shape index (κ1) is 18.1. The molecule has 0 saturated carbocycles. The molecule has 0 aromatic rings. The van der Waals surface area contributed by atoms with Crippen LogP contribution in [0.4, 0.5) is 0 Å². The fourth-order valence-electron chi connectivity index (χ4n) is 2.52. The molecule has 24 heavy (non-hydrogen) atoms. The highest BCUT2D eigenvalue weighted by Crippen LogP contribution is 2.38. The molecule has 0 spiro atoms. The summed E-state index contributed by atoms with van der Waals surface area (Å²) in [5.74, 6) is 0.0811. The topological polar surface area (TPSA) is 46.5 Å². The van der Waals surface area contributed by atoms with Crippen molar-refractivity contribution in [2.75, 3.05) is 0 Å². The van der Waals surface area contributed by atoms with Crippen LogP contribution in [0, 0.1) is 10.8 Å². The zero-order chi connectivity index (χ0) is 18.1. The van der Waals surface area contributed by atoms with E-state index in [9.17, 15) is 9.59 Å². The summed E-state index contributed by atoms with van der Waals surface area (Å²) in [7, 11) is 0. The Balaban J connectivity index is 2.47. The molecule has 0 saturated heterocycles. The van der Waals surface area contributed by atoms with Crippen LogP contribution < -0.4 is 0 Å². The van der Waals surface area contributed by atoms with E-state index in [1.165, 1.54) is 12.2 Å². The van der Waals surface area contributed by atoms with Crippen molar-refractivity contribution >= 4 is 17.3 Å². The summed E-state index contributed by atoms with van der Waals surface area (Å²) in [4.78, 5) is 28.4. The number of aliphatic imine (C=N–C) groups is 1. The Morgan fingerprint density at radius 2 is 1.25 bits per heavy atom. The van der Waals surface area contributed by atoms with Gasteiger partial charge in [-0.25, -0.2) is 0 Å². The molecular weight excluding hydrogens is 298 g/mol. The Morgan fingerprint density at radius 3 is 1.67 bits per heavy atom. The second-order valence-electron chi connectivity index (χ2n) is 8.20. The van der Waals surface area contributed by atoms with Gasteiger partial charge in [-0.15, -0.1) is 0 Å². The van der Waals surface area contributed by atoms with E-state index in [2.05, 4.69) is 4.99 Å². The number of rotatable bonds is 1. The molecule has 2 aliphatic rings. The zero-order valence-electron chi connectivity index (χ0n) is 15.3. The van der Waals surface area contributed by atoms with Crippen molar-refractivity contribution in [3.63, 3.8) is 0 Å². The lowest BCUT2D eigenvalue weighted by Crippen LogP contribution is -2.27. The monoisotopic (exact) mass is 323 g/mol. The minimum absolute atomic E-state index is 0.0327. The van der Waals surface area contributed by atoms with Gasteiger partial charge in [0.2, 0.25) is 0 Å². The normalized spacial score (nSPS) is 18.6. The van der Waals surface area contributed by atoms with Crippen LogP contribution in [0.1, 0.15) is 41.5 Å². The lowest BCUT2D eigenvalue weighted by Gasteiger charge is -2.31. The number of hydrogen-bond donors (Lipinski definition) is 0. The summed E-state index contributed by atoms with van der Waals surface area (Å²) in [5.41, 5.74) is 2.75. The molecular formula is C21H25NO2. The van der Waals surface area contributed by atoms with Crippen LogP contribution in [0.15, 0.2) is 64.4 Å². The molecule has 0 amide bonds. The van der Waals surface area contributed by atoms with Gasteiger partial charge in [-0.05, 0) is 52.9 Å². The summed E-state index contributed by atoms with van der Waals surface area (Å²) in [6, 6.07) is 0. The van der Waals surface area contributed by atoms with Gasteiger partial charge in [0, 0.05) is 17.3 Å². The van der Waals surface area contributed by atoms with Gasteiger partial charge in [-0.1, -0.05) is 41.5 Å². The van der Waals surface area contributed by atoms with E-state index in [1.807, 2.05) is 53.7 Å². The van der Waals surface area contributed by atoms with Gasteiger partial charge in [0.1, 0.15) is 0 Å². The van der Waals surface area contributed by atoms with Gasteiger partial charge in [0.25, 0.3) is 0 Å². The number of carbonyl (C=O) groups is 2. The van der Waals surface area contributed by atoms with Crippen molar-refractivity contribution in [2.45, 2.75) is 41.5 Å². The highest BCUT2D eigenvalue weighted by Gasteiger charge is 2.33. The minimum atomic E-state index is -0.231. The van der Waals surface area contributed by atoms with Gasteiger partial charge in [-0.3, -0.25) is 14.6 Å². The third-order valence-corrected chi connectivity index (χ3v) is 3.93. The summed E-state index contributed by atoms with van der Waals surface area (Å²) >= 11 is 0. The number of Topliss-reactive ketones (excluding diaryl/α,β-unsaturated/α-hetero) is 1. The van der Waals surface area contributed by atoms with Gasteiger partial charge < -0.3 is 0 Å². The summed E-state index contributed by atoms with van der Waals surface area (Å²) in [5, 5.41) is 0. The van der Waals surface area contributed by atoms with E-state index in [0.717, 1.165) is 22.4 Å². The molecule has 2 rings (SSSR count). The lowest BCUT2D eigenvalue weighted by atomic mass is 9.72. The van der Waals surface area contributed by atoms with Gasteiger partial charge in [-0.2, -0.15) is 0 Å². The Labute approximate surface area is 144 Å². The maximum atomic E-state index is 12.8. The van der Waals surface area contributed by atoms with E-state index in [0.29, 0.717) is 0 Å². The second kappa shape index (κ2) is 6.31. The lowest BCUT2D eigenvalue weighted by molar-refractivity contribution is -0.114. The van der Waals surface area contributed by atoms with E-state index >= 15 is 0 Å². The predicted molar refractivity (Wildman–Crippen MR) is 98.9 cm³/mol. The Bertz CT molecular complexity index is 701. The molecule has 3 heteroatoms.